The van der Waals surface area contributed by atoms with Gasteiger partial charge in [-0.2, -0.15) is 5.10 Å². The SMILES string of the molecule is COc1cccc(F)c1C(O)Cc1c(Cl)c(C)nn1C. The minimum Gasteiger partial charge on any atom is -0.496 e. The number of benzene rings is 1. The Morgan fingerprint density at radius 1 is 1.50 bits per heavy atom. The molecule has 20 heavy (non-hydrogen) atoms. The van der Waals surface area contributed by atoms with Gasteiger partial charge in [-0.3, -0.25) is 4.68 Å². The van der Waals surface area contributed by atoms with Gasteiger partial charge in [-0.1, -0.05) is 17.7 Å². The van der Waals surface area contributed by atoms with Gasteiger partial charge in [-0.25, -0.2) is 4.39 Å². The minimum absolute atomic E-state index is 0.130. The van der Waals surface area contributed by atoms with Gasteiger partial charge in [-0.05, 0) is 19.1 Å². The Hall–Kier alpha value is -1.59. The number of aryl methyl sites for hydroxylation is 2. The molecule has 0 fully saturated rings. The van der Waals surface area contributed by atoms with Crippen molar-refractivity contribution in [3.05, 3.63) is 46.0 Å². The Bertz CT molecular complexity index is 628. The molecule has 0 spiro atoms. The average molecular weight is 299 g/mol. The Morgan fingerprint density at radius 3 is 2.75 bits per heavy atom. The predicted molar refractivity (Wildman–Crippen MR) is 74.6 cm³/mol. The maximum absolute atomic E-state index is 13.9. The third-order valence-corrected chi connectivity index (χ3v) is 3.71. The second kappa shape index (κ2) is 5.81. The molecule has 1 unspecified atom stereocenters. The van der Waals surface area contributed by atoms with E-state index in [0.29, 0.717) is 22.2 Å². The molecule has 1 atom stereocenters. The summed E-state index contributed by atoms with van der Waals surface area (Å²) in [4.78, 5) is 0. The molecule has 1 heterocycles. The molecule has 0 amide bonds. The molecule has 0 aliphatic heterocycles. The number of rotatable bonds is 4. The number of hydrogen-bond donors (Lipinski definition) is 1. The fourth-order valence-corrected chi connectivity index (χ4v) is 2.44. The first-order valence-corrected chi connectivity index (χ1v) is 6.52. The summed E-state index contributed by atoms with van der Waals surface area (Å²) in [5, 5.41) is 15.0. The third-order valence-electron chi connectivity index (χ3n) is 3.21. The van der Waals surface area contributed by atoms with Crippen LogP contribution < -0.4 is 4.74 Å². The maximum Gasteiger partial charge on any atom is 0.132 e. The maximum atomic E-state index is 13.9. The van der Waals surface area contributed by atoms with Crippen molar-refractivity contribution in [3.8, 4) is 5.75 Å². The highest BCUT2D eigenvalue weighted by Crippen LogP contribution is 2.32. The topological polar surface area (TPSA) is 47.3 Å². The molecular formula is C14H16ClFN2O2. The van der Waals surface area contributed by atoms with E-state index in [9.17, 15) is 9.50 Å². The van der Waals surface area contributed by atoms with Crippen molar-refractivity contribution in [2.45, 2.75) is 19.4 Å². The van der Waals surface area contributed by atoms with Crippen LogP contribution in [0.25, 0.3) is 0 Å². The second-order valence-corrected chi connectivity index (χ2v) is 4.92. The van der Waals surface area contributed by atoms with Gasteiger partial charge < -0.3 is 9.84 Å². The lowest BCUT2D eigenvalue weighted by Gasteiger charge is -2.16. The summed E-state index contributed by atoms with van der Waals surface area (Å²) < 4.78 is 20.6. The van der Waals surface area contributed by atoms with Crippen molar-refractivity contribution >= 4 is 11.6 Å². The van der Waals surface area contributed by atoms with E-state index in [1.54, 1.807) is 24.7 Å². The zero-order valence-electron chi connectivity index (χ0n) is 11.5. The molecule has 0 aliphatic rings. The third kappa shape index (κ3) is 2.64. The van der Waals surface area contributed by atoms with Crippen LogP contribution in [0.5, 0.6) is 5.75 Å². The second-order valence-electron chi connectivity index (χ2n) is 4.55. The van der Waals surface area contributed by atoms with Crippen LogP contribution in [0.3, 0.4) is 0 Å². The molecule has 1 aromatic carbocycles. The predicted octanol–water partition coefficient (Wildman–Crippen LogP) is 2.81. The Morgan fingerprint density at radius 2 is 2.20 bits per heavy atom. The van der Waals surface area contributed by atoms with Gasteiger partial charge in [0.1, 0.15) is 11.6 Å². The van der Waals surface area contributed by atoms with Crippen molar-refractivity contribution in [2.24, 2.45) is 7.05 Å². The van der Waals surface area contributed by atoms with Crippen LogP contribution in [0.4, 0.5) is 4.39 Å². The van der Waals surface area contributed by atoms with Crippen molar-refractivity contribution in [1.29, 1.82) is 0 Å². The summed E-state index contributed by atoms with van der Waals surface area (Å²) in [6.45, 7) is 1.78. The quantitative estimate of drug-likeness (QED) is 0.944. The smallest absolute Gasteiger partial charge is 0.132 e. The fraction of sp³-hybridized carbons (Fsp3) is 0.357. The number of aromatic nitrogens is 2. The van der Waals surface area contributed by atoms with Crippen LogP contribution in [0.15, 0.2) is 18.2 Å². The monoisotopic (exact) mass is 298 g/mol. The van der Waals surface area contributed by atoms with Crippen molar-refractivity contribution in [2.75, 3.05) is 7.11 Å². The van der Waals surface area contributed by atoms with Gasteiger partial charge in [0, 0.05) is 13.5 Å². The highest BCUT2D eigenvalue weighted by Gasteiger charge is 2.22. The number of nitrogens with zero attached hydrogens (tertiary/aromatic N) is 2. The lowest BCUT2D eigenvalue weighted by atomic mass is 10.0. The molecule has 4 nitrogen and oxygen atoms in total. The molecule has 2 rings (SSSR count). The van der Waals surface area contributed by atoms with Crippen molar-refractivity contribution < 1.29 is 14.2 Å². The van der Waals surface area contributed by atoms with E-state index in [4.69, 9.17) is 16.3 Å². The van der Waals surface area contributed by atoms with Gasteiger partial charge >= 0.3 is 0 Å². The van der Waals surface area contributed by atoms with E-state index in [1.165, 1.54) is 19.2 Å². The number of methoxy groups -OCH3 is 1. The summed E-state index contributed by atoms with van der Waals surface area (Å²) in [5.74, 6) is -0.195. The number of hydrogen-bond acceptors (Lipinski definition) is 3. The van der Waals surface area contributed by atoms with Crippen molar-refractivity contribution in [3.63, 3.8) is 0 Å². The largest absolute Gasteiger partial charge is 0.496 e. The van der Waals surface area contributed by atoms with Crippen LogP contribution in [-0.2, 0) is 13.5 Å². The molecule has 2 aromatic rings. The number of aliphatic hydroxyl groups excluding tert-OH is 1. The van der Waals surface area contributed by atoms with Crippen LogP contribution in [-0.4, -0.2) is 22.0 Å². The lowest BCUT2D eigenvalue weighted by Crippen LogP contribution is -2.10. The zero-order chi connectivity index (χ0) is 14.9. The molecule has 0 radical (unpaired) electrons. The number of aliphatic hydroxyl groups is 1. The number of ether oxygens (including phenoxy) is 1. The Kier molecular flexibility index (Phi) is 4.30. The van der Waals surface area contributed by atoms with E-state index in [2.05, 4.69) is 5.10 Å². The van der Waals surface area contributed by atoms with Crippen LogP contribution in [0, 0.1) is 12.7 Å². The van der Waals surface area contributed by atoms with Crippen LogP contribution in [0.1, 0.15) is 23.1 Å². The molecule has 0 saturated carbocycles. The van der Waals surface area contributed by atoms with Crippen molar-refractivity contribution in [1.82, 2.24) is 9.78 Å². The molecule has 1 aromatic heterocycles. The molecule has 0 aliphatic carbocycles. The average Bonchev–Trinajstić information content (AvgIpc) is 2.64. The zero-order valence-corrected chi connectivity index (χ0v) is 12.3. The van der Waals surface area contributed by atoms with E-state index < -0.39 is 11.9 Å². The first-order chi connectivity index (χ1) is 9.45. The summed E-state index contributed by atoms with van der Waals surface area (Å²) in [6.07, 6.45) is -0.897. The normalized spacial score (nSPS) is 12.5. The molecule has 0 bridgehead atoms. The molecular weight excluding hydrogens is 283 g/mol. The van der Waals surface area contributed by atoms with Gasteiger partial charge in [0.2, 0.25) is 0 Å². The summed E-state index contributed by atoms with van der Waals surface area (Å²) in [6, 6.07) is 4.43. The van der Waals surface area contributed by atoms with Gasteiger partial charge in [0.05, 0.1) is 35.2 Å². The van der Waals surface area contributed by atoms with E-state index >= 15 is 0 Å². The standard InChI is InChI=1S/C14H16ClFN2O2/c1-8-14(15)10(18(2)17-8)7-11(19)13-9(16)5-4-6-12(13)20-3/h4-6,11,19H,7H2,1-3H3. The molecule has 1 N–H and O–H groups in total. The first-order valence-electron chi connectivity index (χ1n) is 6.14. The van der Waals surface area contributed by atoms with E-state index in [0.717, 1.165) is 0 Å². The van der Waals surface area contributed by atoms with Crippen LogP contribution in [0.2, 0.25) is 5.02 Å². The lowest BCUT2D eigenvalue weighted by molar-refractivity contribution is 0.166. The summed E-state index contributed by atoms with van der Waals surface area (Å²) in [7, 11) is 3.17. The molecule has 0 saturated heterocycles. The Labute approximate surface area is 121 Å². The highest BCUT2D eigenvalue weighted by molar-refractivity contribution is 6.31. The first kappa shape index (κ1) is 14.8. The molecule has 6 heteroatoms. The molecule has 108 valence electrons. The highest BCUT2D eigenvalue weighted by atomic mass is 35.5. The van der Waals surface area contributed by atoms with E-state index in [1.807, 2.05) is 0 Å². The Balaban J connectivity index is 2.35. The van der Waals surface area contributed by atoms with Crippen LogP contribution >= 0.6 is 11.6 Å². The van der Waals surface area contributed by atoms with Gasteiger partial charge in [0.15, 0.2) is 0 Å². The van der Waals surface area contributed by atoms with Gasteiger partial charge in [-0.15, -0.1) is 0 Å². The summed E-state index contributed by atoms with van der Waals surface area (Å²) >= 11 is 6.14. The minimum atomic E-state index is -1.06. The number of halogens is 2. The van der Waals surface area contributed by atoms with Gasteiger partial charge in [0.25, 0.3) is 0 Å². The fourth-order valence-electron chi connectivity index (χ4n) is 2.21. The summed E-state index contributed by atoms with van der Waals surface area (Å²) in [5.41, 5.74) is 1.46. The van der Waals surface area contributed by atoms with E-state index in [-0.39, 0.29) is 12.0 Å².